The highest BCUT2D eigenvalue weighted by Gasteiger charge is 2.29. The quantitative estimate of drug-likeness (QED) is 0.922. The van der Waals surface area contributed by atoms with Crippen LogP contribution in [0.15, 0.2) is 48.5 Å². The highest BCUT2D eigenvalue weighted by Crippen LogP contribution is 2.24. The van der Waals surface area contributed by atoms with Crippen LogP contribution in [-0.2, 0) is 35.5 Å². The number of amides is 1. The highest BCUT2D eigenvalue weighted by atomic mass is 16.5. The second kappa shape index (κ2) is 8.02. The van der Waals surface area contributed by atoms with Crippen LogP contribution in [0, 0.1) is 0 Å². The molecule has 4 rings (SSSR count). The number of hydrogen-bond acceptors (Lipinski definition) is 3. The van der Waals surface area contributed by atoms with E-state index in [0.717, 1.165) is 45.5 Å². The summed E-state index contributed by atoms with van der Waals surface area (Å²) < 4.78 is 5.60. The van der Waals surface area contributed by atoms with Gasteiger partial charge in [0, 0.05) is 19.6 Å². The number of ether oxygens (including phenoxy) is 1. The lowest BCUT2D eigenvalue weighted by Crippen LogP contribution is -2.45. The third kappa shape index (κ3) is 3.81. The van der Waals surface area contributed by atoms with Crippen molar-refractivity contribution < 1.29 is 9.53 Å². The van der Waals surface area contributed by atoms with Crippen LogP contribution in [0.5, 0.6) is 0 Å². The minimum Gasteiger partial charge on any atom is -0.376 e. The van der Waals surface area contributed by atoms with E-state index >= 15 is 0 Å². The molecule has 0 aliphatic carbocycles. The van der Waals surface area contributed by atoms with Gasteiger partial charge in [-0.25, -0.2) is 0 Å². The van der Waals surface area contributed by atoms with Gasteiger partial charge in [-0.3, -0.25) is 9.69 Å². The van der Waals surface area contributed by atoms with Crippen LogP contribution >= 0.6 is 0 Å². The molecule has 4 nitrogen and oxygen atoms in total. The van der Waals surface area contributed by atoms with Gasteiger partial charge < -0.3 is 10.1 Å². The van der Waals surface area contributed by atoms with E-state index in [4.69, 9.17) is 4.74 Å². The van der Waals surface area contributed by atoms with Gasteiger partial charge in [-0.15, -0.1) is 0 Å². The van der Waals surface area contributed by atoms with Crippen molar-refractivity contribution in [3.63, 3.8) is 0 Å². The maximum Gasteiger partial charge on any atom is 0.237 e. The summed E-state index contributed by atoms with van der Waals surface area (Å²) in [5.41, 5.74) is 5.27. The molecule has 2 aliphatic rings. The van der Waals surface area contributed by atoms with E-state index in [9.17, 15) is 4.79 Å². The largest absolute Gasteiger partial charge is 0.376 e. The summed E-state index contributed by atoms with van der Waals surface area (Å²) in [6, 6.07) is 16.7. The third-order valence-corrected chi connectivity index (χ3v) is 5.43. The van der Waals surface area contributed by atoms with Crippen molar-refractivity contribution in [3.8, 4) is 0 Å². The molecule has 2 aliphatic heterocycles. The summed E-state index contributed by atoms with van der Waals surface area (Å²) in [6.45, 7) is 4.03. The van der Waals surface area contributed by atoms with Crippen LogP contribution in [-0.4, -0.2) is 36.5 Å². The number of rotatable bonds is 4. The van der Waals surface area contributed by atoms with Crippen LogP contribution in [0.25, 0.3) is 0 Å². The van der Waals surface area contributed by atoms with Gasteiger partial charge in [0.25, 0.3) is 0 Å². The average Bonchev–Trinajstić information content (AvgIpc) is 2.85. The first-order valence-electron chi connectivity index (χ1n) is 9.54. The number of carbonyl (C=O) groups excluding carboxylic acids is 1. The van der Waals surface area contributed by atoms with E-state index in [-0.39, 0.29) is 11.9 Å². The molecule has 0 aromatic heterocycles. The van der Waals surface area contributed by atoms with Gasteiger partial charge in [-0.2, -0.15) is 0 Å². The number of nitrogens with one attached hydrogen (secondary N) is 1. The summed E-state index contributed by atoms with van der Waals surface area (Å²) in [5.74, 6) is 0.152. The summed E-state index contributed by atoms with van der Waals surface area (Å²) in [7, 11) is 0. The average molecular weight is 350 g/mol. The molecular formula is C22H26N2O2. The molecule has 1 N–H and O–H groups in total. The molecular weight excluding hydrogens is 324 g/mol. The molecule has 0 spiro atoms. The number of hydrogen-bond donors (Lipinski definition) is 1. The van der Waals surface area contributed by atoms with Gasteiger partial charge in [0.15, 0.2) is 0 Å². The molecule has 1 amide bonds. The Kier molecular flexibility index (Phi) is 5.32. The monoisotopic (exact) mass is 350 g/mol. The van der Waals surface area contributed by atoms with Crippen molar-refractivity contribution in [1.82, 2.24) is 10.2 Å². The van der Waals surface area contributed by atoms with Crippen molar-refractivity contribution in [2.45, 2.75) is 38.5 Å². The molecule has 1 atom stereocenters. The molecule has 1 fully saturated rings. The van der Waals surface area contributed by atoms with Gasteiger partial charge in [0.2, 0.25) is 5.91 Å². The Morgan fingerprint density at radius 3 is 2.88 bits per heavy atom. The number of benzene rings is 2. The minimum absolute atomic E-state index is 0.115. The van der Waals surface area contributed by atoms with Crippen LogP contribution in [0.2, 0.25) is 0 Å². The Morgan fingerprint density at radius 2 is 2.00 bits per heavy atom. The van der Waals surface area contributed by atoms with E-state index in [1.807, 2.05) is 18.2 Å². The Hall–Kier alpha value is -2.17. The second-order valence-electron chi connectivity index (χ2n) is 7.18. The molecule has 2 heterocycles. The topological polar surface area (TPSA) is 41.6 Å². The lowest BCUT2D eigenvalue weighted by molar-refractivity contribution is -0.125. The van der Waals surface area contributed by atoms with E-state index in [2.05, 4.69) is 40.5 Å². The molecule has 136 valence electrons. The van der Waals surface area contributed by atoms with E-state index in [1.165, 1.54) is 22.3 Å². The maximum atomic E-state index is 12.7. The SMILES string of the molecule is O=C1NCCCN(Cc2cccc3c2CCOC3)C1Cc1ccccc1. The van der Waals surface area contributed by atoms with Gasteiger partial charge in [-0.1, -0.05) is 48.5 Å². The fraction of sp³-hybridized carbons (Fsp3) is 0.409. The fourth-order valence-corrected chi connectivity index (χ4v) is 4.05. The lowest BCUT2D eigenvalue weighted by atomic mass is 9.96. The van der Waals surface area contributed by atoms with Gasteiger partial charge in [0.05, 0.1) is 19.3 Å². The molecule has 0 radical (unpaired) electrons. The third-order valence-electron chi connectivity index (χ3n) is 5.43. The van der Waals surface area contributed by atoms with E-state index in [1.54, 1.807) is 0 Å². The zero-order chi connectivity index (χ0) is 17.8. The standard InChI is InChI=1S/C22H26N2O2/c25-22-21(14-17-6-2-1-3-7-17)24(12-5-11-23-22)15-18-8-4-9-19-16-26-13-10-20(18)19/h1-4,6-9,21H,5,10-16H2,(H,23,25). The normalized spacial score (nSPS) is 20.9. The highest BCUT2D eigenvalue weighted by molar-refractivity contribution is 5.82. The smallest absolute Gasteiger partial charge is 0.237 e. The second-order valence-corrected chi connectivity index (χ2v) is 7.18. The Bertz CT molecular complexity index is 760. The van der Waals surface area contributed by atoms with Gasteiger partial charge >= 0.3 is 0 Å². The molecule has 2 aromatic carbocycles. The lowest BCUT2D eigenvalue weighted by Gasteiger charge is -2.30. The molecule has 4 heteroatoms. The maximum absolute atomic E-state index is 12.7. The Balaban J connectivity index is 1.59. The zero-order valence-electron chi connectivity index (χ0n) is 15.1. The molecule has 26 heavy (non-hydrogen) atoms. The van der Waals surface area contributed by atoms with E-state index < -0.39 is 0 Å². The van der Waals surface area contributed by atoms with Crippen LogP contribution in [0.1, 0.15) is 28.7 Å². The number of nitrogens with zero attached hydrogens (tertiary/aromatic N) is 1. The number of carbonyl (C=O) groups is 1. The predicted octanol–water partition coefficient (Wildman–Crippen LogP) is 2.69. The Morgan fingerprint density at radius 1 is 1.12 bits per heavy atom. The molecule has 1 unspecified atom stereocenters. The van der Waals surface area contributed by atoms with Crippen LogP contribution in [0.4, 0.5) is 0 Å². The summed E-state index contributed by atoms with van der Waals surface area (Å²) in [5, 5.41) is 3.09. The van der Waals surface area contributed by atoms with Crippen molar-refractivity contribution in [2.24, 2.45) is 0 Å². The molecule has 1 saturated heterocycles. The van der Waals surface area contributed by atoms with Crippen molar-refractivity contribution in [2.75, 3.05) is 19.7 Å². The predicted molar refractivity (Wildman–Crippen MR) is 102 cm³/mol. The fourth-order valence-electron chi connectivity index (χ4n) is 4.05. The zero-order valence-corrected chi connectivity index (χ0v) is 15.1. The van der Waals surface area contributed by atoms with Crippen molar-refractivity contribution in [1.29, 1.82) is 0 Å². The van der Waals surface area contributed by atoms with Crippen LogP contribution < -0.4 is 5.32 Å². The summed E-state index contributed by atoms with van der Waals surface area (Å²) in [6.07, 6.45) is 2.72. The van der Waals surface area contributed by atoms with Gasteiger partial charge in [0.1, 0.15) is 0 Å². The summed E-state index contributed by atoms with van der Waals surface area (Å²) >= 11 is 0. The Labute approximate surface area is 155 Å². The molecule has 0 saturated carbocycles. The number of fused-ring (bicyclic) bond motifs is 1. The first-order valence-corrected chi connectivity index (χ1v) is 9.54. The summed E-state index contributed by atoms with van der Waals surface area (Å²) in [4.78, 5) is 15.1. The minimum atomic E-state index is -0.115. The molecule has 0 bridgehead atoms. The first kappa shape index (κ1) is 17.3. The van der Waals surface area contributed by atoms with Gasteiger partial charge in [-0.05, 0) is 41.5 Å². The first-order chi connectivity index (χ1) is 12.8. The molecule has 2 aromatic rings. The van der Waals surface area contributed by atoms with Crippen molar-refractivity contribution in [3.05, 3.63) is 70.8 Å². The van der Waals surface area contributed by atoms with Crippen molar-refractivity contribution >= 4 is 5.91 Å². The van der Waals surface area contributed by atoms with E-state index in [0.29, 0.717) is 6.61 Å². The van der Waals surface area contributed by atoms with Crippen LogP contribution in [0.3, 0.4) is 0 Å².